The third-order valence-electron chi connectivity index (χ3n) is 8.53. The van der Waals surface area contributed by atoms with Gasteiger partial charge in [-0.2, -0.15) is 11.4 Å². The van der Waals surface area contributed by atoms with Crippen molar-refractivity contribution < 1.29 is 2.85 Å². The van der Waals surface area contributed by atoms with Crippen LogP contribution in [-0.2, 0) is 0 Å². The SMILES string of the molecule is CC(/C=C(/C)[N-]c1c(C)cc(C)cc1C)=Nc1c(C)cc(C)cc1C.CC(/C=C(/C)[N-]c1c(C)cc(C)cc1C)=Nc1c(C)cc(C)cc1C.[H-].[H-].[Mg+2].[Mg+2]. The van der Waals surface area contributed by atoms with Crippen LogP contribution in [0.2, 0.25) is 0 Å². The first-order chi connectivity index (χ1) is 23.3. The van der Waals surface area contributed by atoms with E-state index in [1.807, 2.05) is 27.7 Å². The average molecular weight is 718 g/mol. The van der Waals surface area contributed by atoms with E-state index in [9.17, 15) is 0 Å². The maximum Gasteiger partial charge on any atom is 2.00 e. The Morgan fingerprint density at radius 1 is 0.404 bits per heavy atom. The van der Waals surface area contributed by atoms with Crippen molar-refractivity contribution in [1.82, 2.24) is 0 Å². The van der Waals surface area contributed by atoms with Crippen molar-refractivity contribution in [1.29, 1.82) is 0 Å². The molecule has 4 rings (SSSR count). The third kappa shape index (κ3) is 13.7. The topological polar surface area (TPSA) is 52.9 Å². The van der Waals surface area contributed by atoms with Gasteiger partial charge in [-0.1, -0.05) is 119 Å². The van der Waals surface area contributed by atoms with Crippen molar-refractivity contribution >= 4 is 80.3 Å². The predicted molar refractivity (Wildman–Crippen MR) is 235 cm³/mol. The van der Waals surface area contributed by atoms with Gasteiger partial charge in [-0.05, 0) is 119 Å². The molecule has 52 heavy (non-hydrogen) atoms. The number of hydrogen-bond acceptors (Lipinski definition) is 2. The van der Waals surface area contributed by atoms with Gasteiger partial charge in [0.15, 0.2) is 0 Å². The van der Waals surface area contributed by atoms with Crippen LogP contribution in [0.1, 0.15) is 97.3 Å². The molecule has 0 saturated carbocycles. The van der Waals surface area contributed by atoms with Gasteiger partial charge >= 0.3 is 46.1 Å². The van der Waals surface area contributed by atoms with Crippen molar-refractivity contribution in [3.05, 3.63) is 149 Å². The van der Waals surface area contributed by atoms with Crippen LogP contribution < -0.4 is 0 Å². The van der Waals surface area contributed by atoms with Gasteiger partial charge in [0.25, 0.3) is 0 Å². The van der Waals surface area contributed by atoms with Crippen LogP contribution in [-0.4, -0.2) is 57.5 Å². The summed E-state index contributed by atoms with van der Waals surface area (Å²) in [7, 11) is 0. The van der Waals surface area contributed by atoms with Gasteiger partial charge in [-0.25, -0.2) is 0 Å². The molecule has 0 radical (unpaired) electrons. The first kappa shape index (κ1) is 46.9. The Kier molecular flexibility index (Phi) is 18.8. The molecule has 6 heteroatoms. The van der Waals surface area contributed by atoms with E-state index in [0.29, 0.717) is 0 Å². The Bertz CT molecular complexity index is 1790. The Balaban J connectivity index is 0. The first-order valence-electron chi connectivity index (χ1n) is 17.6. The molecular weight excluding hydrogens is 657 g/mol. The summed E-state index contributed by atoms with van der Waals surface area (Å²) in [5, 5.41) is 9.64. The van der Waals surface area contributed by atoms with Gasteiger partial charge in [0.2, 0.25) is 0 Å². The Labute approximate surface area is 351 Å². The normalized spacial score (nSPS) is 12.0. The van der Waals surface area contributed by atoms with Crippen LogP contribution in [0.4, 0.5) is 22.7 Å². The minimum atomic E-state index is 0. The summed E-state index contributed by atoms with van der Waals surface area (Å²) < 4.78 is 0. The first-order valence-corrected chi connectivity index (χ1v) is 17.6. The molecule has 0 amide bonds. The largest absolute Gasteiger partial charge is 2.00 e. The number of allylic oxidation sites excluding steroid dienone is 4. The van der Waals surface area contributed by atoms with Crippen LogP contribution in [0.5, 0.6) is 0 Å². The number of aliphatic imine (C=N–C) groups is 2. The summed E-state index contributed by atoms with van der Waals surface area (Å²) in [5.74, 6) is 0. The van der Waals surface area contributed by atoms with Gasteiger partial charge in [0.05, 0.1) is 11.4 Å². The van der Waals surface area contributed by atoms with Crippen molar-refractivity contribution in [2.45, 2.75) is 111 Å². The zero-order chi connectivity index (χ0) is 37.4. The van der Waals surface area contributed by atoms with Crippen LogP contribution in [0.15, 0.2) is 82.1 Å². The average Bonchev–Trinajstić information content (AvgIpc) is 2.97. The summed E-state index contributed by atoms with van der Waals surface area (Å²) in [6.45, 7) is 33.6. The quantitative estimate of drug-likeness (QED) is 0.129. The molecular formula is C46H60Mg2N4. The predicted octanol–water partition coefficient (Wildman–Crippen LogP) is 13.9. The molecule has 4 aromatic carbocycles. The van der Waals surface area contributed by atoms with Crippen molar-refractivity contribution in [2.24, 2.45) is 9.98 Å². The standard InChI is InChI=1S/2C23H29N2.2Mg.2H/c2*1-14-9-16(3)22(17(4)10-14)24-20(7)13-21(8)25-23-18(5)11-15(2)12-19(23)6;;;;/h2*9-13H,1-8H3;;;;/q2*-1;2*+2;2*-1/b2*20-13-,25-21?;;;;. The number of benzene rings is 4. The maximum atomic E-state index is 4.82. The minimum absolute atomic E-state index is 0. The molecule has 0 unspecified atom stereocenters. The van der Waals surface area contributed by atoms with E-state index in [1.54, 1.807) is 0 Å². The molecule has 0 aliphatic carbocycles. The fourth-order valence-electron chi connectivity index (χ4n) is 6.83. The maximum absolute atomic E-state index is 4.82. The molecule has 0 atom stereocenters. The van der Waals surface area contributed by atoms with Crippen molar-refractivity contribution in [2.75, 3.05) is 0 Å². The molecule has 0 bridgehead atoms. The van der Waals surface area contributed by atoms with Crippen LogP contribution >= 0.6 is 0 Å². The van der Waals surface area contributed by atoms with Crippen LogP contribution in [0, 0.1) is 83.1 Å². The van der Waals surface area contributed by atoms with Gasteiger partial charge in [0, 0.05) is 11.4 Å². The zero-order valence-corrected chi connectivity index (χ0v) is 37.8. The summed E-state index contributed by atoms with van der Waals surface area (Å²) in [6.07, 6.45) is 4.11. The Morgan fingerprint density at radius 2 is 0.615 bits per heavy atom. The van der Waals surface area contributed by atoms with Gasteiger partial charge in [0.1, 0.15) is 0 Å². The fourth-order valence-corrected chi connectivity index (χ4v) is 6.83. The van der Waals surface area contributed by atoms with E-state index in [4.69, 9.17) is 20.6 Å². The molecule has 268 valence electrons. The van der Waals surface area contributed by atoms with E-state index in [2.05, 4.69) is 144 Å². The molecule has 0 heterocycles. The zero-order valence-electron chi connectivity index (χ0n) is 37.0. The molecule has 4 aromatic rings. The molecule has 0 aliphatic heterocycles. The van der Waals surface area contributed by atoms with Crippen LogP contribution in [0.3, 0.4) is 0 Å². The second-order valence-corrected chi connectivity index (χ2v) is 14.3. The third-order valence-corrected chi connectivity index (χ3v) is 8.53. The molecule has 0 fully saturated rings. The molecule has 0 saturated heterocycles. The van der Waals surface area contributed by atoms with Crippen molar-refractivity contribution in [3.63, 3.8) is 0 Å². The van der Waals surface area contributed by atoms with Crippen molar-refractivity contribution in [3.8, 4) is 0 Å². The van der Waals surface area contributed by atoms with Crippen LogP contribution in [0.25, 0.3) is 10.6 Å². The number of hydrogen-bond donors (Lipinski definition) is 0. The fraction of sp³-hybridized carbons (Fsp3) is 0.348. The molecule has 0 spiro atoms. The van der Waals surface area contributed by atoms with E-state index in [0.717, 1.165) is 45.6 Å². The number of rotatable bonds is 8. The summed E-state index contributed by atoms with van der Waals surface area (Å²) in [5.41, 5.74) is 23.0. The summed E-state index contributed by atoms with van der Waals surface area (Å²) >= 11 is 0. The second kappa shape index (κ2) is 20.9. The molecule has 0 aromatic heterocycles. The second-order valence-electron chi connectivity index (χ2n) is 14.3. The number of nitrogens with zero attached hydrogens (tertiary/aromatic N) is 4. The molecule has 0 N–H and O–H groups in total. The van der Waals surface area contributed by atoms with E-state index in [-0.39, 0.29) is 49.0 Å². The minimum Gasteiger partial charge on any atom is -1.00 e. The van der Waals surface area contributed by atoms with E-state index in [1.165, 1.54) is 66.8 Å². The van der Waals surface area contributed by atoms with Gasteiger partial charge in [-0.15, -0.1) is 11.4 Å². The summed E-state index contributed by atoms with van der Waals surface area (Å²) in [4.78, 5) is 9.64. The summed E-state index contributed by atoms with van der Waals surface area (Å²) in [6, 6.07) is 17.4. The Morgan fingerprint density at radius 3 is 0.846 bits per heavy atom. The van der Waals surface area contributed by atoms with E-state index >= 15 is 0 Å². The molecule has 0 aliphatic rings. The van der Waals surface area contributed by atoms with Gasteiger partial charge in [-0.3, -0.25) is 9.98 Å². The van der Waals surface area contributed by atoms with E-state index < -0.39 is 0 Å². The van der Waals surface area contributed by atoms with Gasteiger partial charge < -0.3 is 13.5 Å². The smallest absolute Gasteiger partial charge is 1.00 e. The molecule has 4 nitrogen and oxygen atoms in total. The number of aryl methyl sites for hydroxylation is 12. The Hall–Kier alpha value is -3.17. The monoisotopic (exact) mass is 716 g/mol.